The number of nitrogens with zero attached hydrogens (tertiary/aromatic N) is 2. The fourth-order valence-corrected chi connectivity index (χ4v) is 3.96. The van der Waals surface area contributed by atoms with Crippen LogP contribution < -0.4 is 10.6 Å². The maximum Gasteiger partial charge on any atom is 0.413 e. The lowest BCUT2D eigenvalue weighted by Gasteiger charge is -2.02. The first-order valence-electron chi connectivity index (χ1n) is 8.21. The van der Waals surface area contributed by atoms with Gasteiger partial charge < -0.3 is 10.1 Å². The molecule has 2 aromatic rings. The van der Waals surface area contributed by atoms with Gasteiger partial charge in [0.05, 0.1) is 22.1 Å². The molecular weight excluding hydrogens is 384 g/mol. The number of nitrogens with one attached hydrogen (secondary N) is 2. The Bertz CT molecular complexity index is 950. The summed E-state index contributed by atoms with van der Waals surface area (Å²) in [5.74, 6) is -0.211. The van der Waals surface area contributed by atoms with E-state index in [1.54, 1.807) is 19.2 Å². The highest BCUT2D eigenvalue weighted by Gasteiger charge is 2.24. The summed E-state index contributed by atoms with van der Waals surface area (Å²) in [6.45, 7) is 6.02. The average Bonchev–Trinajstić information content (AvgIpc) is 3.17. The lowest BCUT2D eigenvalue weighted by Crippen LogP contribution is -2.19. The minimum atomic E-state index is -0.554. The summed E-state index contributed by atoms with van der Waals surface area (Å²) in [7, 11) is 0. The smallest absolute Gasteiger partial charge is 0.413 e. The summed E-state index contributed by atoms with van der Waals surface area (Å²) < 4.78 is 4.81. The van der Waals surface area contributed by atoms with Crippen molar-refractivity contribution in [2.75, 3.05) is 11.9 Å². The molecule has 1 aromatic heterocycles. The fraction of sp³-hybridized carbons (Fsp3) is 0.222. The zero-order valence-corrected chi connectivity index (χ0v) is 16.7. The highest BCUT2D eigenvalue weighted by molar-refractivity contribution is 8.18. The van der Waals surface area contributed by atoms with Crippen molar-refractivity contribution in [2.24, 2.45) is 4.99 Å². The SMILES string of the molecule is CCOC(=O)Nc1ncc(C=C2SC(=Nc3ccc(C)cc3C)NC2=O)s1. The van der Waals surface area contributed by atoms with Gasteiger partial charge in [-0.05, 0) is 50.2 Å². The Morgan fingerprint density at radius 2 is 2.22 bits per heavy atom. The van der Waals surface area contributed by atoms with Gasteiger partial charge >= 0.3 is 6.09 Å². The molecular formula is C18H18N4O3S2. The first kappa shape index (κ1) is 19.1. The Labute approximate surface area is 164 Å². The second kappa shape index (κ2) is 8.36. The molecule has 1 aliphatic rings. The van der Waals surface area contributed by atoms with Crippen LogP contribution in [0.3, 0.4) is 0 Å². The van der Waals surface area contributed by atoms with Gasteiger partial charge in [0, 0.05) is 6.20 Å². The largest absolute Gasteiger partial charge is 0.450 e. The number of ether oxygens (including phenoxy) is 1. The van der Waals surface area contributed by atoms with Crippen molar-refractivity contribution in [2.45, 2.75) is 20.8 Å². The summed E-state index contributed by atoms with van der Waals surface area (Å²) in [4.78, 5) is 33.5. The van der Waals surface area contributed by atoms with Gasteiger partial charge in [0.25, 0.3) is 5.91 Å². The van der Waals surface area contributed by atoms with E-state index in [4.69, 9.17) is 4.74 Å². The number of thioether (sulfide) groups is 1. The molecule has 0 bridgehead atoms. The Morgan fingerprint density at radius 1 is 1.41 bits per heavy atom. The lowest BCUT2D eigenvalue weighted by molar-refractivity contribution is -0.115. The van der Waals surface area contributed by atoms with E-state index in [2.05, 4.69) is 20.6 Å². The van der Waals surface area contributed by atoms with E-state index in [9.17, 15) is 9.59 Å². The second-order valence-corrected chi connectivity index (χ2v) is 7.78. The van der Waals surface area contributed by atoms with E-state index in [0.717, 1.165) is 21.7 Å². The number of aromatic nitrogens is 1. The van der Waals surface area contributed by atoms with E-state index < -0.39 is 6.09 Å². The molecule has 2 heterocycles. The molecule has 0 unspecified atom stereocenters. The highest BCUT2D eigenvalue weighted by Crippen LogP contribution is 2.31. The zero-order valence-electron chi connectivity index (χ0n) is 15.0. The van der Waals surface area contributed by atoms with Gasteiger partial charge in [-0.25, -0.2) is 14.8 Å². The number of benzene rings is 1. The third-order valence-electron chi connectivity index (χ3n) is 3.51. The van der Waals surface area contributed by atoms with Gasteiger partial charge in [-0.2, -0.15) is 0 Å². The van der Waals surface area contributed by atoms with Crippen LogP contribution >= 0.6 is 23.1 Å². The van der Waals surface area contributed by atoms with Crippen LogP contribution in [0, 0.1) is 13.8 Å². The van der Waals surface area contributed by atoms with Crippen LogP contribution in [0.1, 0.15) is 22.9 Å². The van der Waals surface area contributed by atoms with Crippen LogP contribution in [0.2, 0.25) is 0 Å². The molecule has 7 nitrogen and oxygen atoms in total. The van der Waals surface area contributed by atoms with Gasteiger partial charge in [0.1, 0.15) is 0 Å². The van der Waals surface area contributed by atoms with Crippen molar-refractivity contribution >= 4 is 57.2 Å². The van der Waals surface area contributed by atoms with Gasteiger partial charge in [-0.1, -0.05) is 29.0 Å². The van der Waals surface area contributed by atoms with Crippen LogP contribution in [0.15, 0.2) is 34.3 Å². The Hall–Kier alpha value is -2.65. The maximum absolute atomic E-state index is 12.2. The van der Waals surface area contributed by atoms with E-state index in [1.807, 2.05) is 32.0 Å². The highest BCUT2D eigenvalue weighted by atomic mass is 32.2. The van der Waals surface area contributed by atoms with Crippen molar-refractivity contribution in [3.63, 3.8) is 0 Å². The second-order valence-electron chi connectivity index (χ2n) is 5.68. The molecule has 2 N–H and O–H groups in total. The standard InChI is InChI=1S/C18H18N4O3S2/c1-4-25-18(24)22-16-19-9-12(26-16)8-14-15(23)21-17(27-14)20-13-6-5-10(2)7-11(13)3/h5-9H,4H2,1-3H3,(H,19,22,24)(H,20,21,23). The van der Waals surface area contributed by atoms with Crippen molar-refractivity contribution in [1.29, 1.82) is 0 Å². The number of carbonyl (C=O) groups is 2. The summed E-state index contributed by atoms with van der Waals surface area (Å²) >= 11 is 2.52. The molecule has 2 amide bonds. The van der Waals surface area contributed by atoms with Crippen LogP contribution in [-0.2, 0) is 9.53 Å². The first-order valence-corrected chi connectivity index (χ1v) is 9.84. The van der Waals surface area contributed by atoms with Crippen molar-refractivity contribution in [1.82, 2.24) is 10.3 Å². The van der Waals surface area contributed by atoms with Gasteiger partial charge in [-0.3, -0.25) is 10.1 Å². The minimum absolute atomic E-state index is 0.211. The molecule has 0 aliphatic carbocycles. The first-order chi connectivity index (χ1) is 12.9. The van der Waals surface area contributed by atoms with Crippen LogP contribution in [0.4, 0.5) is 15.6 Å². The zero-order chi connectivity index (χ0) is 19.4. The van der Waals surface area contributed by atoms with E-state index in [1.165, 1.54) is 23.1 Å². The molecule has 1 fully saturated rings. The van der Waals surface area contributed by atoms with Crippen LogP contribution in [-0.4, -0.2) is 28.8 Å². The molecule has 1 aromatic carbocycles. The number of rotatable bonds is 4. The number of anilines is 1. The number of thiazole rings is 1. The Kier molecular flexibility index (Phi) is 5.92. The molecule has 3 rings (SSSR count). The lowest BCUT2D eigenvalue weighted by atomic mass is 10.1. The van der Waals surface area contributed by atoms with Gasteiger partial charge in [0.15, 0.2) is 10.3 Å². The minimum Gasteiger partial charge on any atom is -0.450 e. The van der Waals surface area contributed by atoms with Crippen molar-refractivity contribution in [3.05, 3.63) is 45.3 Å². The monoisotopic (exact) mass is 402 g/mol. The summed E-state index contributed by atoms with van der Waals surface area (Å²) in [5.41, 5.74) is 3.04. The molecule has 0 atom stereocenters. The molecule has 0 saturated carbocycles. The predicted octanol–water partition coefficient (Wildman–Crippen LogP) is 4.22. The molecule has 1 saturated heterocycles. The molecule has 0 spiro atoms. The van der Waals surface area contributed by atoms with Crippen molar-refractivity contribution in [3.8, 4) is 0 Å². The Balaban J connectivity index is 1.73. The number of amides is 2. The number of hydrogen-bond donors (Lipinski definition) is 2. The summed E-state index contributed by atoms with van der Waals surface area (Å²) in [5, 5.41) is 6.25. The number of hydrogen-bond acceptors (Lipinski definition) is 7. The topological polar surface area (TPSA) is 92.7 Å². The van der Waals surface area contributed by atoms with E-state index >= 15 is 0 Å². The number of amidine groups is 1. The number of aliphatic imine (C=N–C) groups is 1. The third-order valence-corrected chi connectivity index (χ3v) is 5.28. The average molecular weight is 403 g/mol. The van der Waals surface area contributed by atoms with E-state index in [-0.39, 0.29) is 12.5 Å². The molecule has 27 heavy (non-hydrogen) atoms. The maximum atomic E-state index is 12.2. The predicted molar refractivity (Wildman–Crippen MR) is 109 cm³/mol. The van der Waals surface area contributed by atoms with Gasteiger partial charge in [-0.15, -0.1) is 0 Å². The molecule has 1 aliphatic heterocycles. The van der Waals surface area contributed by atoms with Crippen LogP contribution in [0.5, 0.6) is 0 Å². The quantitative estimate of drug-likeness (QED) is 0.747. The molecule has 9 heteroatoms. The van der Waals surface area contributed by atoms with Crippen LogP contribution in [0.25, 0.3) is 6.08 Å². The third kappa shape index (κ3) is 4.95. The normalized spacial score (nSPS) is 16.6. The summed E-state index contributed by atoms with van der Waals surface area (Å²) in [6.07, 6.45) is 2.76. The number of aryl methyl sites for hydroxylation is 2. The summed E-state index contributed by atoms with van der Waals surface area (Å²) in [6, 6.07) is 5.97. The van der Waals surface area contributed by atoms with Crippen molar-refractivity contribution < 1.29 is 14.3 Å². The molecule has 0 radical (unpaired) electrons. The molecule has 140 valence electrons. The Morgan fingerprint density at radius 3 is 2.96 bits per heavy atom. The van der Waals surface area contributed by atoms with E-state index in [0.29, 0.717) is 15.2 Å². The fourth-order valence-electron chi connectivity index (χ4n) is 2.32. The van der Waals surface area contributed by atoms with Gasteiger partial charge in [0.2, 0.25) is 0 Å². The number of carbonyl (C=O) groups excluding carboxylic acids is 2.